The molecule has 3 N–H and O–H groups in total. The van der Waals surface area contributed by atoms with Gasteiger partial charge in [-0.15, -0.1) is 0 Å². The molecule has 1 saturated heterocycles. The molecule has 0 spiro atoms. The van der Waals surface area contributed by atoms with Crippen LogP contribution in [0.1, 0.15) is 39.2 Å². The quantitative estimate of drug-likeness (QED) is 0.540. The van der Waals surface area contributed by atoms with Crippen LogP contribution in [0, 0.1) is 11.3 Å². The number of nitrogens with one attached hydrogen (secondary N) is 2. The molecule has 132 valence electrons. The molecule has 1 fully saturated rings. The number of aliphatic hydroxyl groups excluding tert-OH is 1. The van der Waals surface area contributed by atoms with E-state index < -0.39 is 5.41 Å². The molecule has 1 aromatic carbocycles. The number of aliphatic hydroxyl groups is 1. The lowest BCUT2D eigenvalue weighted by Gasteiger charge is -2.37. The van der Waals surface area contributed by atoms with Crippen molar-refractivity contribution in [3.63, 3.8) is 0 Å². The lowest BCUT2D eigenvalue weighted by Crippen LogP contribution is -2.53. The highest BCUT2D eigenvalue weighted by Gasteiger charge is 2.37. The summed E-state index contributed by atoms with van der Waals surface area (Å²) in [4.78, 5) is 14.1. The molecule has 5 nitrogen and oxygen atoms in total. The molecule has 0 saturated carbocycles. The molecule has 0 aromatic heterocycles. The van der Waals surface area contributed by atoms with Gasteiger partial charge in [-0.2, -0.15) is 0 Å². The molecule has 1 unspecified atom stereocenters. The van der Waals surface area contributed by atoms with Crippen LogP contribution in [-0.2, 0) is 5.41 Å². The first kappa shape index (κ1) is 18.9. The van der Waals surface area contributed by atoms with E-state index in [1.807, 2.05) is 31.2 Å². The van der Waals surface area contributed by atoms with Crippen LogP contribution in [0.4, 0.5) is 4.79 Å². The van der Waals surface area contributed by atoms with Crippen LogP contribution in [0.3, 0.4) is 0 Å². The first-order chi connectivity index (χ1) is 11.2. The van der Waals surface area contributed by atoms with E-state index in [0.29, 0.717) is 25.9 Å². The molecule has 1 aromatic rings. The average Bonchev–Trinajstić information content (AvgIpc) is 2.55. The number of amides is 2. The summed E-state index contributed by atoms with van der Waals surface area (Å²) >= 11 is 3.43. The second-order valence-corrected chi connectivity index (χ2v) is 7.80. The predicted molar refractivity (Wildman–Crippen MR) is 99.4 cm³/mol. The minimum atomic E-state index is -0.578. The van der Waals surface area contributed by atoms with Crippen molar-refractivity contribution in [2.45, 2.75) is 45.1 Å². The van der Waals surface area contributed by atoms with Gasteiger partial charge in [-0.25, -0.2) is 4.79 Å². The van der Waals surface area contributed by atoms with Gasteiger partial charge in [0.05, 0.1) is 11.5 Å². The van der Waals surface area contributed by atoms with Crippen LogP contribution >= 0.6 is 15.9 Å². The summed E-state index contributed by atoms with van der Waals surface area (Å²) in [6.45, 7) is 7.15. The lowest BCUT2D eigenvalue weighted by molar-refractivity contribution is 0.0948. The summed E-state index contributed by atoms with van der Waals surface area (Å²) in [6.07, 6.45) is 0.862. The number of hydrogen-bond acceptors (Lipinski definition) is 3. The van der Waals surface area contributed by atoms with E-state index in [4.69, 9.17) is 5.41 Å². The molecule has 0 radical (unpaired) electrons. The number of nitrogens with zero attached hydrogens (tertiary/aromatic N) is 1. The van der Waals surface area contributed by atoms with Crippen molar-refractivity contribution in [1.29, 1.82) is 5.41 Å². The molecule has 0 aliphatic carbocycles. The van der Waals surface area contributed by atoms with E-state index in [-0.39, 0.29) is 23.9 Å². The summed E-state index contributed by atoms with van der Waals surface area (Å²) in [5.41, 5.74) is 0.422. The number of hydrogen-bond donors (Lipinski definition) is 3. The molecule has 6 heteroatoms. The fraction of sp³-hybridized carbons (Fsp3) is 0.556. The van der Waals surface area contributed by atoms with Gasteiger partial charge in [-0.1, -0.05) is 41.9 Å². The molecule has 24 heavy (non-hydrogen) atoms. The largest absolute Gasteiger partial charge is 0.393 e. The molecule has 1 aliphatic rings. The highest BCUT2D eigenvalue weighted by Crippen LogP contribution is 2.33. The molecular formula is C18H26BrN3O2. The maximum atomic E-state index is 12.5. The van der Waals surface area contributed by atoms with Crippen molar-refractivity contribution >= 4 is 27.8 Å². The average molecular weight is 396 g/mol. The van der Waals surface area contributed by atoms with Gasteiger partial charge in [0.2, 0.25) is 0 Å². The Kier molecular flexibility index (Phi) is 6.04. The SMILES string of the molecule is CC(C)C(C)(C(=N)NC(=O)N1CCC(O)CC1)c1ccc(Br)cc1. The normalized spacial score (nSPS) is 18.3. The minimum absolute atomic E-state index is 0.148. The van der Waals surface area contributed by atoms with Gasteiger partial charge in [0.15, 0.2) is 0 Å². The Balaban J connectivity index is 2.14. The molecule has 2 amide bonds. The van der Waals surface area contributed by atoms with E-state index >= 15 is 0 Å². The molecule has 1 heterocycles. The molecular weight excluding hydrogens is 370 g/mol. The second kappa shape index (κ2) is 7.66. The van der Waals surface area contributed by atoms with Crippen molar-refractivity contribution in [2.75, 3.05) is 13.1 Å². The summed E-state index contributed by atoms with van der Waals surface area (Å²) in [5, 5.41) is 20.9. The summed E-state index contributed by atoms with van der Waals surface area (Å²) < 4.78 is 0.986. The minimum Gasteiger partial charge on any atom is -0.393 e. The monoisotopic (exact) mass is 395 g/mol. The number of halogens is 1. The third-order valence-electron chi connectivity index (χ3n) is 5.10. The van der Waals surface area contributed by atoms with Crippen LogP contribution < -0.4 is 5.32 Å². The summed E-state index contributed by atoms with van der Waals surface area (Å²) in [7, 11) is 0. The number of urea groups is 1. The first-order valence-corrected chi connectivity index (χ1v) is 9.13. The highest BCUT2D eigenvalue weighted by atomic mass is 79.9. The van der Waals surface area contributed by atoms with Gasteiger partial charge >= 0.3 is 6.03 Å². The van der Waals surface area contributed by atoms with Gasteiger partial charge in [0.1, 0.15) is 5.84 Å². The van der Waals surface area contributed by atoms with Crippen molar-refractivity contribution in [2.24, 2.45) is 5.92 Å². The van der Waals surface area contributed by atoms with E-state index in [1.165, 1.54) is 0 Å². The zero-order valence-electron chi connectivity index (χ0n) is 14.5. The van der Waals surface area contributed by atoms with Crippen molar-refractivity contribution in [1.82, 2.24) is 10.2 Å². The summed E-state index contributed by atoms with van der Waals surface area (Å²) in [5.74, 6) is 0.352. The Morgan fingerprint density at radius 3 is 2.38 bits per heavy atom. The van der Waals surface area contributed by atoms with Gasteiger partial charge < -0.3 is 10.0 Å². The Morgan fingerprint density at radius 2 is 1.88 bits per heavy atom. The molecule has 1 atom stereocenters. The van der Waals surface area contributed by atoms with E-state index in [1.54, 1.807) is 4.90 Å². The number of piperidine rings is 1. The number of carbonyl (C=O) groups excluding carboxylic acids is 1. The zero-order valence-corrected chi connectivity index (χ0v) is 16.1. The maximum Gasteiger partial charge on any atom is 0.322 e. The van der Waals surface area contributed by atoms with Gasteiger partial charge in [-0.3, -0.25) is 10.7 Å². The van der Waals surface area contributed by atoms with Gasteiger partial charge in [-0.05, 0) is 43.4 Å². The number of rotatable bonds is 3. The highest BCUT2D eigenvalue weighted by molar-refractivity contribution is 9.10. The fourth-order valence-electron chi connectivity index (χ4n) is 2.95. The standard InChI is InChI=1S/C18H26BrN3O2/c1-12(2)18(3,13-4-6-14(19)7-5-13)16(20)21-17(24)22-10-8-15(23)9-11-22/h4-7,12,15,23H,8-11H2,1-3H3,(H2,20,21,24). The Labute approximate surface area is 152 Å². The third kappa shape index (κ3) is 3.98. The van der Waals surface area contributed by atoms with Crippen LogP contribution in [0.25, 0.3) is 0 Å². The summed E-state index contributed by atoms with van der Waals surface area (Å²) in [6, 6.07) is 7.63. The van der Waals surface area contributed by atoms with Crippen LogP contribution in [0.15, 0.2) is 28.7 Å². The molecule has 2 rings (SSSR count). The lowest BCUT2D eigenvalue weighted by atomic mass is 9.72. The zero-order chi connectivity index (χ0) is 17.9. The smallest absolute Gasteiger partial charge is 0.322 e. The van der Waals surface area contributed by atoms with Crippen LogP contribution in [0.2, 0.25) is 0 Å². The molecule has 1 aliphatic heterocycles. The van der Waals surface area contributed by atoms with E-state index in [2.05, 4.69) is 35.1 Å². The maximum absolute atomic E-state index is 12.5. The van der Waals surface area contributed by atoms with E-state index in [0.717, 1.165) is 10.0 Å². The number of likely N-dealkylation sites (tertiary alicyclic amines) is 1. The third-order valence-corrected chi connectivity index (χ3v) is 5.63. The predicted octanol–water partition coefficient (Wildman–Crippen LogP) is 3.51. The fourth-order valence-corrected chi connectivity index (χ4v) is 3.21. The van der Waals surface area contributed by atoms with Gasteiger partial charge in [0, 0.05) is 17.6 Å². The Bertz CT molecular complexity index is 595. The van der Waals surface area contributed by atoms with Crippen LogP contribution in [0.5, 0.6) is 0 Å². The molecule has 0 bridgehead atoms. The number of benzene rings is 1. The number of amidine groups is 1. The van der Waals surface area contributed by atoms with E-state index in [9.17, 15) is 9.90 Å². The van der Waals surface area contributed by atoms with Crippen molar-refractivity contribution in [3.05, 3.63) is 34.3 Å². The number of carbonyl (C=O) groups is 1. The van der Waals surface area contributed by atoms with Crippen molar-refractivity contribution < 1.29 is 9.90 Å². The first-order valence-electron chi connectivity index (χ1n) is 8.34. The Hall–Kier alpha value is -1.40. The Morgan fingerprint density at radius 1 is 1.33 bits per heavy atom. The van der Waals surface area contributed by atoms with Crippen molar-refractivity contribution in [3.8, 4) is 0 Å². The second-order valence-electron chi connectivity index (χ2n) is 6.89. The van der Waals surface area contributed by atoms with Gasteiger partial charge in [0.25, 0.3) is 0 Å². The topological polar surface area (TPSA) is 76.4 Å². The van der Waals surface area contributed by atoms with Crippen LogP contribution in [-0.4, -0.2) is 41.1 Å².